The van der Waals surface area contributed by atoms with Crippen LogP contribution in [0.2, 0.25) is 0 Å². The van der Waals surface area contributed by atoms with Crippen LogP contribution in [0.3, 0.4) is 0 Å². The topological polar surface area (TPSA) is 55.8 Å². The molecule has 0 radical (unpaired) electrons. The van der Waals surface area contributed by atoms with Gasteiger partial charge in [0, 0.05) is 26.7 Å². The van der Waals surface area contributed by atoms with Crippen LogP contribution in [-0.4, -0.2) is 53.2 Å². The van der Waals surface area contributed by atoms with E-state index in [1.807, 2.05) is 0 Å². The van der Waals surface area contributed by atoms with E-state index in [4.69, 9.17) is 0 Å². The van der Waals surface area contributed by atoms with Crippen molar-refractivity contribution >= 4 is 6.03 Å². The summed E-state index contributed by atoms with van der Waals surface area (Å²) in [6.45, 7) is 9.89. The molecule has 25 heavy (non-hydrogen) atoms. The first-order valence-corrected chi connectivity index (χ1v) is 9.24. The third kappa shape index (κ3) is 7.04. The van der Waals surface area contributed by atoms with Crippen LogP contribution in [0.4, 0.5) is 4.79 Å². The van der Waals surface area contributed by atoms with Crippen LogP contribution in [0.15, 0.2) is 24.3 Å². The molecule has 1 saturated heterocycles. The maximum Gasteiger partial charge on any atom is 0.317 e. The molecule has 1 aromatic rings. The molecule has 140 valence electrons. The number of benzene rings is 1. The number of likely N-dealkylation sites (N-methyl/N-ethyl adjacent to an activating group) is 1. The van der Waals surface area contributed by atoms with E-state index >= 15 is 0 Å². The maximum absolute atomic E-state index is 12.1. The Morgan fingerprint density at radius 3 is 2.56 bits per heavy atom. The Morgan fingerprint density at radius 1 is 1.32 bits per heavy atom. The molecule has 1 fully saturated rings. The van der Waals surface area contributed by atoms with Gasteiger partial charge in [-0.2, -0.15) is 0 Å². The van der Waals surface area contributed by atoms with E-state index in [1.54, 1.807) is 20.9 Å². The molecule has 0 aliphatic carbocycles. The van der Waals surface area contributed by atoms with Gasteiger partial charge in [-0.3, -0.25) is 4.90 Å². The number of urea groups is 1. The van der Waals surface area contributed by atoms with Gasteiger partial charge in [-0.15, -0.1) is 0 Å². The van der Waals surface area contributed by atoms with Crippen molar-refractivity contribution in [3.8, 4) is 0 Å². The normalized spacial score (nSPS) is 18.8. The van der Waals surface area contributed by atoms with Crippen LogP contribution >= 0.6 is 0 Å². The van der Waals surface area contributed by atoms with Crippen LogP contribution in [0.5, 0.6) is 0 Å². The van der Waals surface area contributed by atoms with Crippen LogP contribution < -0.4 is 5.32 Å². The van der Waals surface area contributed by atoms with Crippen molar-refractivity contribution in [3.63, 3.8) is 0 Å². The number of likely N-dealkylation sites (tertiary alicyclic amines) is 1. The lowest BCUT2D eigenvalue weighted by atomic mass is 9.99. The molecule has 1 unspecified atom stereocenters. The van der Waals surface area contributed by atoms with Crippen molar-refractivity contribution in [2.45, 2.75) is 52.3 Å². The Hall–Kier alpha value is -1.59. The van der Waals surface area contributed by atoms with Gasteiger partial charge < -0.3 is 15.3 Å². The molecule has 1 aliphatic heterocycles. The van der Waals surface area contributed by atoms with Gasteiger partial charge in [-0.1, -0.05) is 31.2 Å². The summed E-state index contributed by atoms with van der Waals surface area (Å²) in [4.78, 5) is 16.1. The monoisotopic (exact) mass is 347 g/mol. The summed E-state index contributed by atoms with van der Waals surface area (Å²) in [6, 6.07) is 8.30. The smallest absolute Gasteiger partial charge is 0.317 e. The summed E-state index contributed by atoms with van der Waals surface area (Å²) < 4.78 is 0. The molecule has 1 atom stereocenters. The van der Waals surface area contributed by atoms with Crippen LogP contribution in [0.1, 0.15) is 44.7 Å². The summed E-state index contributed by atoms with van der Waals surface area (Å²) in [5.41, 5.74) is 1.52. The number of aliphatic hydroxyl groups is 1. The highest BCUT2D eigenvalue weighted by Gasteiger charge is 2.19. The van der Waals surface area contributed by atoms with Crippen LogP contribution in [-0.2, 0) is 13.1 Å². The average molecular weight is 348 g/mol. The summed E-state index contributed by atoms with van der Waals surface area (Å²) in [7, 11) is 1.69. The minimum Gasteiger partial charge on any atom is -0.389 e. The van der Waals surface area contributed by atoms with Crippen molar-refractivity contribution in [1.82, 2.24) is 15.1 Å². The highest BCUT2D eigenvalue weighted by atomic mass is 16.3. The Kier molecular flexibility index (Phi) is 6.85. The molecule has 0 spiro atoms. The van der Waals surface area contributed by atoms with Crippen molar-refractivity contribution in [2.75, 3.05) is 26.7 Å². The second kappa shape index (κ2) is 8.68. The number of nitrogens with one attached hydrogen (secondary N) is 1. The fraction of sp³-hybridized carbons (Fsp3) is 0.650. The first-order chi connectivity index (χ1) is 11.7. The molecular formula is C20H33N3O2. The zero-order chi connectivity index (χ0) is 18.4. The number of hydrogen-bond acceptors (Lipinski definition) is 3. The van der Waals surface area contributed by atoms with E-state index in [0.29, 0.717) is 13.1 Å². The van der Waals surface area contributed by atoms with Gasteiger partial charge in [0.15, 0.2) is 0 Å². The number of carbonyl (C=O) groups excluding carboxylic acids is 1. The quantitative estimate of drug-likeness (QED) is 0.832. The summed E-state index contributed by atoms with van der Waals surface area (Å²) in [5.74, 6) is 0.795. The molecule has 2 N–H and O–H groups in total. The standard InChI is InChI=1S/C20H33N3O2/c1-16-6-5-11-23(13-16)14-18-9-7-17(8-10-18)12-21-19(24)22(4)15-20(2,3)25/h7-10,16,25H,5-6,11-15H2,1-4H3,(H,21,24). The predicted molar refractivity (Wildman–Crippen MR) is 101 cm³/mol. The first-order valence-electron chi connectivity index (χ1n) is 9.24. The number of nitrogens with zero attached hydrogens (tertiary/aromatic N) is 2. The Bertz CT molecular complexity index is 551. The lowest BCUT2D eigenvalue weighted by Crippen LogP contribution is -2.44. The summed E-state index contributed by atoms with van der Waals surface area (Å²) >= 11 is 0. The van der Waals surface area contributed by atoms with Crippen molar-refractivity contribution in [1.29, 1.82) is 0 Å². The number of hydrogen-bond donors (Lipinski definition) is 2. The lowest BCUT2D eigenvalue weighted by Gasteiger charge is -2.30. The third-order valence-electron chi connectivity index (χ3n) is 4.58. The summed E-state index contributed by atoms with van der Waals surface area (Å²) in [5, 5.41) is 12.7. The second-order valence-electron chi connectivity index (χ2n) is 8.13. The Morgan fingerprint density at radius 2 is 1.96 bits per heavy atom. The van der Waals surface area contributed by atoms with E-state index in [2.05, 4.69) is 41.4 Å². The minimum absolute atomic E-state index is 0.173. The minimum atomic E-state index is -0.889. The van der Waals surface area contributed by atoms with Crippen LogP contribution in [0.25, 0.3) is 0 Å². The number of rotatable bonds is 6. The van der Waals surface area contributed by atoms with E-state index < -0.39 is 5.60 Å². The summed E-state index contributed by atoms with van der Waals surface area (Å²) in [6.07, 6.45) is 2.64. The van der Waals surface area contributed by atoms with Gasteiger partial charge in [-0.25, -0.2) is 4.79 Å². The lowest BCUT2D eigenvalue weighted by molar-refractivity contribution is 0.0531. The van der Waals surface area contributed by atoms with Crippen molar-refractivity contribution in [3.05, 3.63) is 35.4 Å². The highest BCUT2D eigenvalue weighted by Crippen LogP contribution is 2.18. The fourth-order valence-electron chi connectivity index (χ4n) is 3.42. The number of piperidine rings is 1. The van der Waals surface area contributed by atoms with Gasteiger partial charge in [-0.05, 0) is 50.3 Å². The second-order valence-corrected chi connectivity index (χ2v) is 8.13. The van der Waals surface area contributed by atoms with E-state index in [0.717, 1.165) is 18.0 Å². The van der Waals surface area contributed by atoms with Crippen LogP contribution in [0, 0.1) is 5.92 Å². The first kappa shape index (κ1) is 19.7. The van der Waals surface area contributed by atoms with Gasteiger partial charge in [0.25, 0.3) is 0 Å². The van der Waals surface area contributed by atoms with Gasteiger partial charge >= 0.3 is 6.03 Å². The molecule has 2 amide bonds. The maximum atomic E-state index is 12.1. The molecule has 1 aliphatic rings. The van der Waals surface area contributed by atoms with Gasteiger partial charge in [0.05, 0.1) is 12.1 Å². The molecule has 5 heteroatoms. The molecule has 2 rings (SSSR count). The molecule has 1 heterocycles. The zero-order valence-electron chi connectivity index (χ0n) is 16.1. The average Bonchev–Trinajstić information content (AvgIpc) is 2.52. The third-order valence-corrected chi connectivity index (χ3v) is 4.58. The van der Waals surface area contributed by atoms with E-state index in [1.165, 1.54) is 36.4 Å². The highest BCUT2D eigenvalue weighted by molar-refractivity contribution is 5.73. The van der Waals surface area contributed by atoms with Crippen molar-refractivity contribution < 1.29 is 9.90 Å². The Balaban J connectivity index is 1.79. The van der Waals surface area contributed by atoms with E-state index in [-0.39, 0.29) is 6.03 Å². The molecule has 0 bridgehead atoms. The van der Waals surface area contributed by atoms with Gasteiger partial charge in [0.2, 0.25) is 0 Å². The number of amides is 2. The van der Waals surface area contributed by atoms with E-state index in [9.17, 15) is 9.90 Å². The molecule has 0 aromatic heterocycles. The zero-order valence-corrected chi connectivity index (χ0v) is 16.1. The predicted octanol–water partition coefficient (Wildman–Crippen LogP) is 2.83. The molecule has 5 nitrogen and oxygen atoms in total. The SMILES string of the molecule is CC1CCCN(Cc2ccc(CNC(=O)N(C)CC(C)(C)O)cc2)C1. The largest absolute Gasteiger partial charge is 0.389 e. The molecular weight excluding hydrogens is 314 g/mol. The number of carbonyl (C=O) groups is 1. The fourth-order valence-corrected chi connectivity index (χ4v) is 3.42. The molecule has 1 aromatic carbocycles. The Labute approximate surface area is 152 Å². The van der Waals surface area contributed by atoms with Crippen molar-refractivity contribution in [2.24, 2.45) is 5.92 Å². The van der Waals surface area contributed by atoms with Gasteiger partial charge in [0.1, 0.15) is 0 Å². The molecule has 0 saturated carbocycles.